The van der Waals surface area contributed by atoms with Crippen molar-refractivity contribution in [2.24, 2.45) is 5.73 Å². The van der Waals surface area contributed by atoms with E-state index in [0.29, 0.717) is 17.4 Å². The van der Waals surface area contributed by atoms with Gasteiger partial charge in [0, 0.05) is 24.4 Å². The second kappa shape index (κ2) is 8.94. The van der Waals surface area contributed by atoms with Gasteiger partial charge in [0.25, 0.3) is 11.8 Å². The third-order valence-electron chi connectivity index (χ3n) is 5.93. The van der Waals surface area contributed by atoms with Gasteiger partial charge < -0.3 is 21.1 Å². The third-order valence-corrected chi connectivity index (χ3v) is 5.93. The average molecular weight is 460 g/mol. The number of benzene rings is 1. The van der Waals surface area contributed by atoms with Gasteiger partial charge in [0.2, 0.25) is 0 Å². The fourth-order valence-corrected chi connectivity index (χ4v) is 4.07. The van der Waals surface area contributed by atoms with Crippen LogP contribution in [0.25, 0.3) is 11.3 Å². The smallest absolute Gasteiger partial charge is 0.262 e. The van der Waals surface area contributed by atoms with Crippen LogP contribution in [0.4, 0.5) is 5.82 Å². The molecule has 4 aromatic rings. The van der Waals surface area contributed by atoms with E-state index >= 15 is 0 Å². The highest BCUT2D eigenvalue weighted by Crippen LogP contribution is 2.29. The Morgan fingerprint density at radius 3 is 2.65 bits per heavy atom. The minimum Gasteiger partial charge on any atom is -0.497 e. The molecule has 4 heterocycles. The lowest BCUT2D eigenvalue weighted by Crippen LogP contribution is -2.26. The molecule has 2 amide bonds. The fourth-order valence-electron chi connectivity index (χ4n) is 4.07. The van der Waals surface area contributed by atoms with E-state index in [1.807, 2.05) is 30.3 Å². The number of anilines is 1. The molecule has 0 spiro atoms. The highest BCUT2D eigenvalue weighted by atomic mass is 16.5. The van der Waals surface area contributed by atoms with Gasteiger partial charge in [-0.2, -0.15) is 10.2 Å². The molecule has 0 bridgehead atoms. The van der Waals surface area contributed by atoms with E-state index in [2.05, 4.69) is 20.7 Å². The molecule has 0 radical (unpaired) electrons. The number of nitrogens with two attached hydrogens (primary N) is 1. The number of nitrogens with zero attached hydrogens (tertiary/aromatic N) is 5. The maximum Gasteiger partial charge on any atom is 0.262 e. The Labute approximate surface area is 194 Å². The van der Waals surface area contributed by atoms with Crippen LogP contribution in [0.5, 0.6) is 5.75 Å². The molecule has 5 rings (SSSR count). The molecular formula is C23H24N8O3. The molecule has 0 unspecified atom stereocenters. The SMILES string of the molecule is COc1ccc(-n2nc(C3CCNCC3)cc2NC(=O)c2cnn3cc(C(N)=O)cnc23)cc1. The average Bonchev–Trinajstić information content (AvgIpc) is 3.48. The number of aromatic nitrogens is 5. The van der Waals surface area contributed by atoms with Crippen LogP contribution in [-0.4, -0.2) is 56.4 Å². The van der Waals surface area contributed by atoms with Gasteiger partial charge in [-0.25, -0.2) is 14.2 Å². The number of carbonyl (C=O) groups excluding carboxylic acids is 2. The van der Waals surface area contributed by atoms with Crippen LogP contribution >= 0.6 is 0 Å². The summed E-state index contributed by atoms with van der Waals surface area (Å²) in [7, 11) is 1.61. The lowest BCUT2D eigenvalue weighted by molar-refractivity contribution is 0.0997. The standard InChI is InChI=1S/C23H24N8O3/c1-34-17-4-2-16(3-5-17)31-20(10-19(29-31)14-6-8-25-9-7-14)28-23(33)18-12-27-30-13-15(21(24)32)11-26-22(18)30/h2-5,10-14,25H,6-9H2,1H3,(H2,24,32)(H,28,33). The largest absolute Gasteiger partial charge is 0.497 e. The molecule has 1 aliphatic heterocycles. The van der Waals surface area contributed by atoms with Crippen molar-refractivity contribution in [3.63, 3.8) is 0 Å². The van der Waals surface area contributed by atoms with Crippen LogP contribution in [0.15, 0.2) is 48.9 Å². The van der Waals surface area contributed by atoms with Gasteiger partial charge in [-0.15, -0.1) is 0 Å². The molecule has 1 saturated heterocycles. The minimum atomic E-state index is -0.621. The van der Waals surface area contributed by atoms with Crippen molar-refractivity contribution < 1.29 is 14.3 Å². The Hall–Kier alpha value is -4.25. The maximum absolute atomic E-state index is 13.2. The second-order valence-corrected chi connectivity index (χ2v) is 8.08. The molecule has 0 aliphatic carbocycles. The Kier molecular flexibility index (Phi) is 5.68. The normalized spacial score (nSPS) is 14.3. The number of ether oxygens (including phenoxy) is 1. The second-order valence-electron chi connectivity index (χ2n) is 8.08. The first-order valence-corrected chi connectivity index (χ1v) is 10.9. The number of primary amides is 1. The van der Waals surface area contributed by atoms with Crippen LogP contribution in [0.2, 0.25) is 0 Å². The van der Waals surface area contributed by atoms with Crippen LogP contribution in [-0.2, 0) is 0 Å². The molecule has 11 heteroatoms. The van der Waals surface area contributed by atoms with Gasteiger partial charge in [0.05, 0.1) is 30.3 Å². The van der Waals surface area contributed by atoms with Gasteiger partial charge >= 0.3 is 0 Å². The zero-order valence-corrected chi connectivity index (χ0v) is 18.6. The molecule has 34 heavy (non-hydrogen) atoms. The summed E-state index contributed by atoms with van der Waals surface area (Å²) in [5, 5.41) is 15.3. The molecule has 1 fully saturated rings. The molecule has 3 aromatic heterocycles. The number of carbonyl (C=O) groups is 2. The van der Waals surface area contributed by atoms with Gasteiger partial charge in [-0.05, 0) is 50.2 Å². The number of rotatable bonds is 6. The molecule has 174 valence electrons. The summed E-state index contributed by atoms with van der Waals surface area (Å²) in [5.41, 5.74) is 7.81. The summed E-state index contributed by atoms with van der Waals surface area (Å²) in [5.74, 6) is 0.567. The summed E-state index contributed by atoms with van der Waals surface area (Å²) in [6.45, 7) is 1.87. The molecule has 1 aliphatic rings. The van der Waals surface area contributed by atoms with Crippen molar-refractivity contribution >= 4 is 23.3 Å². The van der Waals surface area contributed by atoms with Crippen LogP contribution in [0.1, 0.15) is 45.2 Å². The monoisotopic (exact) mass is 460 g/mol. The van der Waals surface area contributed by atoms with E-state index in [0.717, 1.165) is 43.1 Å². The summed E-state index contributed by atoms with van der Waals surface area (Å²) in [6.07, 6.45) is 6.13. The lowest BCUT2D eigenvalue weighted by atomic mass is 9.95. The molecule has 0 atom stereocenters. The topological polar surface area (TPSA) is 141 Å². The summed E-state index contributed by atoms with van der Waals surface area (Å²) in [4.78, 5) is 28.8. The first kappa shape index (κ1) is 21.6. The quantitative estimate of drug-likeness (QED) is 0.398. The van der Waals surface area contributed by atoms with E-state index < -0.39 is 5.91 Å². The van der Waals surface area contributed by atoms with Crippen molar-refractivity contribution in [3.05, 3.63) is 65.7 Å². The van der Waals surface area contributed by atoms with Gasteiger partial charge in [0.1, 0.15) is 17.1 Å². The van der Waals surface area contributed by atoms with Crippen LogP contribution in [0, 0.1) is 0 Å². The first-order chi connectivity index (χ1) is 16.5. The molecule has 4 N–H and O–H groups in total. The summed E-state index contributed by atoms with van der Waals surface area (Å²) < 4.78 is 8.34. The highest BCUT2D eigenvalue weighted by Gasteiger charge is 2.23. The molecule has 11 nitrogen and oxygen atoms in total. The van der Waals surface area contributed by atoms with Crippen LogP contribution in [0.3, 0.4) is 0 Å². The first-order valence-electron chi connectivity index (χ1n) is 10.9. The van der Waals surface area contributed by atoms with Crippen molar-refractivity contribution in [3.8, 4) is 11.4 Å². The number of methoxy groups -OCH3 is 1. The predicted molar refractivity (Wildman–Crippen MR) is 124 cm³/mol. The van der Waals surface area contributed by atoms with Crippen molar-refractivity contribution in [2.45, 2.75) is 18.8 Å². The molecular weight excluding hydrogens is 436 g/mol. The zero-order chi connectivity index (χ0) is 23.7. The third kappa shape index (κ3) is 4.08. The minimum absolute atomic E-state index is 0.201. The molecule has 0 saturated carbocycles. The van der Waals surface area contributed by atoms with Gasteiger partial charge in [-0.1, -0.05) is 0 Å². The van der Waals surface area contributed by atoms with E-state index in [9.17, 15) is 9.59 Å². The lowest BCUT2D eigenvalue weighted by Gasteiger charge is -2.20. The van der Waals surface area contributed by atoms with Crippen molar-refractivity contribution in [2.75, 3.05) is 25.5 Å². The summed E-state index contributed by atoms with van der Waals surface area (Å²) in [6, 6.07) is 9.38. The fraction of sp³-hybridized carbons (Fsp3) is 0.261. The van der Waals surface area contributed by atoms with Gasteiger partial charge in [0.15, 0.2) is 5.65 Å². The number of hydrogen-bond acceptors (Lipinski definition) is 7. The van der Waals surface area contributed by atoms with Gasteiger partial charge in [-0.3, -0.25) is 9.59 Å². The number of piperidine rings is 1. The maximum atomic E-state index is 13.2. The number of amides is 2. The van der Waals surface area contributed by atoms with E-state index in [-0.39, 0.29) is 17.0 Å². The Morgan fingerprint density at radius 2 is 1.94 bits per heavy atom. The number of hydrogen-bond donors (Lipinski definition) is 3. The van der Waals surface area contributed by atoms with Crippen LogP contribution < -0.4 is 21.1 Å². The number of fused-ring (bicyclic) bond motifs is 1. The molecule has 1 aromatic carbocycles. The van der Waals surface area contributed by atoms with E-state index in [4.69, 9.17) is 15.6 Å². The van der Waals surface area contributed by atoms with Crippen molar-refractivity contribution in [1.29, 1.82) is 0 Å². The Morgan fingerprint density at radius 1 is 1.18 bits per heavy atom. The van der Waals surface area contributed by atoms with E-state index in [1.54, 1.807) is 11.8 Å². The Bertz CT molecular complexity index is 1350. The predicted octanol–water partition coefficient (Wildman–Crippen LogP) is 1.74. The van der Waals surface area contributed by atoms with E-state index in [1.165, 1.54) is 23.1 Å². The van der Waals surface area contributed by atoms with Crippen molar-refractivity contribution in [1.82, 2.24) is 29.7 Å². The Balaban J connectivity index is 1.49. The number of nitrogens with one attached hydrogen (secondary N) is 2. The summed E-state index contributed by atoms with van der Waals surface area (Å²) >= 11 is 0. The highest BCUT2D eigenvalue weighted by molar-refractivity contribution is 6.08. The zero-order valence-electron chi connectivity index (χ0n) is 18.6.